The molecule has 8 nitrogen and oxygen atoms in total. The third-order valence-electron chi connectivity index (χ3n) is 4.50. The fourth-order valence-corrected chi connectivity index (χ4v) is 18.0. The first kappa shape index (κ1) is 128. The molecule has 0 heterocycles. The van der Waals surface area contributed by atoms with Crippen molar-refractivity contribution >= 4 is 92.4 Å². The molecule has 0 unspecified atom stereocenters. The van der Waals surface area contributed by atoms with Crippen LogP contribution in [-0.4, -0.2) is 185 Å². The van der Waals surface area contributed by atoms with Crippen molar-refractivity contribution in [3.05, 3.63) is 0 Å². The minimum atomic E-state index is -6.00. The summed E-state index contributed by atoms with van der Waals surface area (Å²) < 4.78 is 156. The molecule has 2 radical (unpaired) electrons. The van der Waals surface area contributed by atoms with Crippen molar-refractivity contribution in [2.45, 2.75) is 55.4 Å². The topological polar surface area (TPSA) is 190 Å². The molecule has 0 spiro atoms. The van der Waals surface area contributed by atoms with Gasteiger partial charge in [-0.25, -0.2) is 0 Å². The van der Waals surface area contributed by atoms with E-state index in [4.69, 9.17) is 42.1 Å². The Balaban J connectivity index is -0.0000000312. The zero-order valence-corrected chi connectivity index (χ0v) is 60.3. The van der Waals surface area contributed by atoms with Gasteiger partial charge in [0.05, 0.1) is 97.8 Å². The second kappa shape index (κ2) is 108. The van der Waals surface area contributed by atoms with Gasteiger partial charge in [-0.05, 0) is 63.4 Å². The van der Waals surface area contributed by atoms with E-state index < -0.39 is 29.0 Å². The van der Waals surface area contributed by atoms with Gasteiger partial charge in [0.1, 0.15) is 0 Å². The van der Waals surface area contributed by atoms with E-state index in [1.54, 1.807) is 48.6 Å². The van der Waals surface area contributed by atoms with Gasteiger partial charge < -0.3 is 69.1 Å². The maximum absolute atomic E-state index is 9.75. The number of nitrogens with zero attached hydrogens (tertiary/aromatic N) is 8. The van der Waals surface area contributed by atoms with Gasteiger partial charge in [-0.2, -0.15) is 42.1 Å². The summed E-state index contributed by atoms with van der Waals surface area (Å²) in [5.41, 5.74) is 0. The van der Waals surface area contributed by atoms with Crippen LogP contribution in [0.15, 0.2) is 0 Å². The Morgan fingerprint density at radius 1 is 0.205 bits per heavy atom. The van der Waals surface area contributed by atoms with Crippen molar-refractivity contribution in [2.24, 2.45) is 0 Å². The van der Waals surface area contributed by atoms with Crippen molar-refractivity contribution in [1.29, 1.82) is 42.1 Å². The van der Waals surface area contributed by atoms with Crippen molar-refractivity contribution in [2.75, 3.05) is 156 Å². The quantitative estimate of drug-likeness (QED) is 0.105. The summed E-state index contributed by atoms with van der Waals surface area (Å²) in [6.07, 6.45) is 12.3. The van der Waals surface area contributed by atoms with Gasteiger partial charge in [-0.3, -0.25) is 0 Å². The van der Waals surface area contributed by atoms with Crippen molar-refractivity contribution in [3.63, 3.8) is 0 Å². The number of hydrogen-bond acceptors (Lipinski definition) is 8. The van der Waals surface area contributed by atoms with Crippen LogP contribution in [0.3, 0.4) is 0 Å². The minimum absolute atomic E-state index is 0. The summed E-state index contributed by atoms with van der Waals surface area (Å²) in [6, 6.07) is 14.0. The van der Waals surface area contributed by atoms with Gasteiger partial charge in [-0.15, -0.1) is 0 Å². The van der Waals surface area contributed by atoms with Gasteiger partial charge in [0, 0.05) is 162 Å². The van der Waals surface area contributed by atoms with E-state index in [0.29, 0.717) is 0 Å². The summed E-state index contributed by atoms with van der Waals surface area (Å²) >= 11 is 0. The third kappa shape index (κ3) is 1100. The Labute approximate surface area is 494 Å². The van der Waals surface area contributed by atoms with E-state index in [2.05, 4.69) is 107 Å². The van der Waals surface area contributed by atoms with E-state index in [9.17, 15) is 69.1 Å². The van der Waals surface area contributed by atoms with Crippen LogP contribution in [0.2, 0.25) is 0 Å². The number of nitriles is 8. The molecule has 0 rings (SSSR count). The largest absolute Gasteiger partial charge is 2.00 e. The molecule has 0 aliphatic heterocycles. The Morgan fingerprint density at radius 2 is 0.231 bits per heavy atom. The normalized spacial score (nSPS) is 8.51. The maximum Gasteiger partial charge on any atom is 2.00 e. The van der Waals surface area contributed by atoms with Crippen molar-refractivity contribution < 1.29 is 103 Å². The molecule has 0 aliphatic rings. The Morgan fingerprint density at radius 3 is 0.244 bits per heavy atom. The second-order valence-corrected chi connectivity index (χ2v) is 38.7. The van der Waals surface area contributed by atoms with Crippen LogP contribution in [0.4, 0.5) is 69.1 Å². The molecule has 0 bridgehead atoms. The zero-order valence-electron chi connectivity index (χ0n) is 50.3. The fourth-order valence-electron chi connectivity index (χ4n) is 2.00. The van der Waals surface area contributed by atoms with Crippen molar-refractivity contribution in [1.82, 2.24) is 0 Å². The first-order valence-corrected chi connectivity index (χ1v) is 43.8. The van der Waals surface area contributed by atoms with E-state index in [1.807, 2.05) is 0 Å². The summed E-state index contributed by atoms with van der Waals surface area (Å²) in [4.78, 5) is 0. The number of rotatable bonds is 12. The fraction of sp³-hybridized carbons (Fsp3) is 0.800. The van der Waals surface area contributed by atoms with E-state index in [-0.39, 0.29) is 96.9 Å². The van der Waals surface area contributed by atoms with E-state index in [1.165, 1.54) is 105 Å². The first-order chi connectivity index (χ1) is 33.8. The van der Waals surface area contributed by atoms with Gasteiger partial charge in [0.25, 0.3) is 0 Å². The molecule has 470 valence electrons. The molecule has 0 aromatic carbocycles. The van der Waals surface area contributed by atoms with E-state index in [0.717, 1.165) is 0 Å². The molecular weight excluding hydrogens is 1310 g/mol. The summed E-state index contributed by atoms with van der Waals surface area (Å²) in [6.45, 7) is 49.8. The zero-order chi connectivity index (χ0) is 65.9. The maximum atomic E-state index is 9.75. The molecule has 0 saturated heterocycles. The Bertz CT molecular complexity index is 1110. The van der Waals surface area contributed by atoms with Crippen molar-refractivity contribution in [3.8, 4) is 48.6 Å². The second-order valence-electron chi connectivity index (χ2n) is 15.4. The monoisotopic (exact) mass is 1400 g/mol. The van der Waals surface area contributed by atoms with Crippen LogP contribution >= 0.6 is 63.4 Å². The predicted molar refractivity (Wildman–Crippen MR) is 331 cm³/mol. The Kier molecular flexibility index (Phi) is 178. The Hall–Kier alpha value is -0.487. The SMILES string of the molecule is CC#N.CC#N.CC#N.CC#N.CC#N.CC#N.CC#N.CC#N.C[PH+](C)CC[PH+](C)C.C[PH+](C)CC[PH+](C)C.C[PH+](C)CC[PH+](C)C.C[PH+](C)CC[PH+](C)C.F[B-](F)(F)F.F[B-](F)(F)F.F[B-](F)(F)F.F[B-](F)(F)F.[Co+2].[Co+2]. The third-order valence-corrected chi connectivity index (χ3v) is 16.5. The van der Waals surface area contributed by atoms with Gasteiger partial charge in [-0.1, -0.05) is 0 Å². The average Bonchev–Trinajstić information content (AvgIpc) is 3.15. The van der Waals surface area contributed by atoms with Crippen LogP contribution in [0.25, 0.3) is 0 Å². The van der Waals surface area contributed by atoms with Crippen LogP contribution in [0.1, 0.15) is 55.4 Å². The summed E-state index contributed by atoms with van der Waals surface area (Å²) in [5, 5.41) is 58.6. The molecule has 0 aromatic rings. The van der Waals surface area contributed by atoms with Crippen LogP contribution in [0, 0.1) is 90.6 Å². The first-order valence-electron chi connectivity index (χ1n) is 22.1. The van der Waals surface area contributed by atoms with E-state index >= 15 is 0 Å². The molecule has 0 N–H and O–H groups in total. The molecule has 0 fully saturated rings. The summed E-state index contributed by atoms with van der Waals surface area (Å²) in [5.74, 6) is 0. The molecular formula is C40H96B4Co2F16N8P8+8. The molecule has 0 aromatic heterocycles. The molecule has 0 amide bonds. The van der Waals surface area contributed by atoms with Gasteiger partial charge >= 0.3 is 62.6 Å². The van der Waals surface area contributed by atoms with Gasteiger partial charge in [0.2, 0.25) is 0 Å². The van der Waals surface area contributed by atoms with Crippen LogP contribution in [0.5, 0.6) is 0 Å². The summed E-state index contributed by atoms with van der Waals surface area (Å²) in [7, 11) is -23.2. The molecule has 0 saturated carbocycles. The minimum Gasteiger partial charge on any atom is -0.418 e. The molecule has 0 aliphatic carbocycles. The smallest absolute Gasteiger partial charge is 0.418 e. The number of hydrogen-bond donors (Lipinski definition) is 0. The predicted octanol–water partition coefficient (Wildman–Crippen LogP) is 17.2. The van der Waals surface area contributed by atoms with Crippen LogP contribution in [-0.2, 0) is 33.6 Å². The average molecular weight is 1400 g/mol. The molecule has 78 heavy (non-hydrogen) atoms. The standard InChI is InChI=1S/4C6H16P2.8C2H3N.4BF4.2Co/c4*1-7(2)5-6-8(3)4;8*1-2-3;4*2-1(3,4)5;;/h4*5-6H2,1-4H3;8*1H3;;;;;;/q;;;;;;;;;;;;4*-1;2*+2/p+8. The molecule has 38 heteroatoms. The molecule has 0 atom stereocenters. The van der Waals surface area contributed by atoms with Gasteiger partial charge in [0.15, 0.2) is 0 Å². The number of halogens is 16. The van der Waals surface area contributed by atoms with Crippen LogP contribution < -0.4 is 0 Å².